The van der Waals surface area contributed by atoms with Crippen LogP contribution in [-0.2, 0) is 16.0 Å². The second-order valence-electron chi connectivity index (χ2n) is 7.99. The maximum Gasteiger partial charge on any atom is 0.240 e. The minimum atomic E-state index is -1.15. The quantitative estimate of drug-likeness (QED) is 0.787. The van der Waals surface area contributed by atoms with Crippen LogP contribution in [0.1, 0.15) is 43.5 Å². The zero-order valence-electron chi connectivity index (χ0n) is 17.2. The molecule has 7 heteroatoms. The Morgan fingerprint density at radius 2 is 1.93 bits per heavy atom. The molecule has 2 aromatic rings. The highest BCUT2D eigenvalue weighted by molar-refractivity contribution is 5.86. The van der Waals surface area contributed by atoms with Crippen LogP contribution >= 0.6 is 0 Å². The Hall–Kier alpha value is -3.37. The van der Waals surface area contributed by atoms with Crippen molar-refractivity contribution in [3.63, 3.8) is 0 Å². The second kappa shape index (κ2) is 8.17. The van der Waals surface area contributed by atoms with Gasteiger partial charge in [-0.15, -0.1) is 0 Å². The molecule has 0 spiro atoms. The lowest BCUT2D eigenvalue weighted by atomic mass is 9.83. The van der Waals surface area contributed by atoms with Crippen LogP contribution in [0.3, 0.4) is 0 Å². The van der Waals surface area contributed by atoms with Gasteiger partial charge in [0, 0.05) is 18.9 Å². The third-order valence-corrected chi connectivity index (χ3v) is 5.44. The number of nitrogens with two attached hydrogens (primary N) is 1. The molecule has 3 N–H and O–H groups in total. The van der Waals surface area contributed by atoms with E-state index in [2.05, 4.69) is 6.07 Å². The zero-order valence-corrected chi connectivity index (χ0v) is 17.2. The summed E-state index contributed by atoms with van der Waals surface area (Å²) in [5, 5.41) is 20.5. The van der Waals surface area contributed by atoms with Crippen molar-refractivity contribution >= 4 is 11.8 Å². The molecular weight excluding hydrogens is 382 g/mol. The lowest BCUT2D eigenvalue weighted by Gasteiger charge is -2.47. The summed E-state index contributed by atoms with van der Waals surface area (Å²) in [6.45, 7) is 4.76. The van der Waals surface area contributed by atoms with E-state index < -0.39 is 35.6 Å². The normalized spacial score (nSPS) is 20.2. The first kappa shape index (κ1) is 21.3. The van der Waals surface area contributed by atoms with Crippen molar-refractivity contribution in [2.24, 2.45) is 5.73 Å². The second-order valence-corrected chi connectivity index (χ2v) is 7.99. The van der Waals surface area contributed by atoms with Crippen molar-refractivity contribution in [3.05, 3.63) is 65.2 Å². The molecule has 3 atom stereocenters. The molecule has 0 fully saturated rings. The number of ether oxygens (including phenoxy) is 1. The molecule has 0 aromatic heterocycles. The maximum absolute atomic E-state index is 12.8. The fraction of sp³-hybridized carbons (Fsp3) is 0.348. The number of amides is 2. The molecule has 3 rings (SSSR count). The van der Waals surface area contributed by atoms with Crippen molar-refractivity contribution in [1.29, 1.82) is 5.26 Å². The number of rotatable bonds is 5. The predicted molar refractivity (Wildman–Crippen MR) is 110 cm³/mol. The smallest absolute Gasteiger partial charge is 0.240 e. The molecule has 1 heterocycles. The highest BCUT2D eigenvalue weighted by Gasteiger charge is 2.48. The third kappa shape index (κ3) is 4.00. The van der Waals surface area contributed by atoms with Crippen LogP contribution in [0.15, 0.2) is 48.5 Å². The van der Waals surface area contributed by atoms with Gasteiger partial charge in [-0.2, -0.15) is 5.26 Å². The number of fused-ring (bicyclic) bond motifs is 1. The topological polar surface area (TPSA) is 117 Å². The SMILES string of the molecule is CC(=O)N([C@H](Cc1ccccc1)C(N)=O)[C@H]1c2cc(C#N)ccc2OC(C)(C)[C@@H]1O. The van der Waals surface area contributed by atoms with Gasteiger partial charge in [0.2, 0.25) is 11.8 Å². The number of aliphatic hydroxyl groups excluding tert-OH is 1. The monoisotopic (exact) mass is 407 g/mol. The summed E-state index contributed by atoms with van der Waals surface area (Å²) in [6, 6.07) is 14.2. The molecule has 0 saturated heterocycles. The van der Waals surface area contributed by atoms with E-state index in [1.165, 1.54) is 11.8 Å². The number of benzene rings is 2. The molecule has 2 amide bonds. The first-order valence-corrected chi connectivity index (χ1v) is 9.69. The van der Waals surface area contributed by atoms with Crippen LogP contribution in [0.5, 0.6) is 5.75 Å². The number of hydrogen-bond acceptors (Lipinski definition) is 5. The number of nitriles is 1. The lowest BCUT2D eigenvalue weighted by molar-refractivity contribution is -0.152. The average molecular weight is 407 g/mol. The molecule has 7 nitrogen and oxygen atoms in total. The van der Waals surface area contributed by atoms with E-state index in [-0.39, 0.29) is 6.42 Å². The van der Waals surface area contributed by atoms with Gasteiger partial charge in [0.05, 0.1) is 17.7 Å². The molecule has 0 unspecified atom stereocenters. The van der Waals surface area contributed by atoms with Gasteiger partial charge in [-0.1, -0.05) is 30.3 Å². The van der Waals surface area contributed by atoms with Crippen LogP contribution in [0, 0.1) is 11.3 Å². The summed E-state index contributed by atoms with van der Waals surface area (Å²) < 4.78 is 5.94. The molecule has 0 bridgehead atoms. The molecule has 0 aliphatic carbocycles. The molecule has 2 aromatic carbocycles. The highest BCUT2D eigenvalue weighted by atomic mass is 16.5. The van der Waals surface area contributed by atoms with Gasteiger partial charge in [-0.25, -0.2) is 0 Å². The Bertz CT molecular complexity index is 997. The van der Waals surface area contributed by atoms with E-state index >= 15 is 0 Å². The van der Waals surface area contributed by atoms with Crippen LogP contribution < -0.4 is 10.5 Å². The van der Waals surface area contributed by atoms with E-state index in [0.29, 0.717) is 16.9 Å². The average Bonchev–Trinajstić information content (AvgIpc) is 2.70. The Balaban J connectivity index is 2.15. The first-order valence-electron chi connectivity index (χ1n) is 9.69. The number of hydrogen-bond donors (Lipinski definition) is 2. The van der Waals surface area contributed by atoms with Crippen molar-refractivity contribution in [3.8, 4) is 11.8 Å². The summed E-state index contributed by atoms with van der Waals surface area (Å²) in [5.41, 5.74) is 6.35. The molecule has 1 aliphatic rings. The summed E-state index contributed by atoms with van der Waals surface area (Å²) in [7, 11) is 0. The van der Waals surface area contributed by atoms with Crippen LogP contribution in [-0.4, -0.2) is 39.6 Å². The third-order valence-electron chi connectivity index (χ3n) is 5.44. The van der Waals surface area contributed by atoms with Crippen LogP contribution in [0.4, 0.5) is 0 Å². The van der Waals surface area contributed by atoms with Crippen molar-refractivity contribution < 1.29 is 19.4 Å². The molecule has 156 valence electrons. The van der Waals surface area contributed by atoms with Crippen molar-refractivity contribution in [2.75, 3.05) is 0 Å². The largest absolute Gasteiger partial charge is 0.485 e. The fourth-order valence-electron chi connectivity index (χ4n) is 3.92. The Morgan fingerprint density at radius 3 is 2.50 bits per heavy atom. The Morgan fingerprint density at radius 1 is 1.27 bits per heavy atom. The highest BCUT2D eigenvalue weighted by Crippen LogP contribution is 2.44. The number of nitrogens with zero attached hydrogens (tertiary/aromatic N) is 2. The maximum atomic E-state index is 12.8. The summed E-state index contributed by atoms with van der Waals surface area (Å²) >= 11 is 0. The summed E-state index contributed by atoms with van der Waals surface area (Å²) in [4.78, 5) is 26.6. The van der Waals surface area contributed by atoms with Crippen LogP contribution in [0.2, 0.25) is 0 Å². The van der Waals surface area contributed by atoms with Gasteiger partial charge in [0.25, 0.3) is 0 Å². The molecule has 30 heavy (non-hydrogen) atoms. The number of carbonyl (C=O) groups is 2. The lowest BCUT2D eigenvalue weighted by Crippen LogP contribution is -2.59. The minimum Gasteiger partial charge on any atom is -0.485 e. The molecule has 0 saturated carbocycles. The van der Waals surface area contributed by atoms with E-state index in [4.69, 9.17) is 10.5 Å². The van der Waals surface area contributed by atoms with Gasteiger partial charge in [-0.3, -0.25) is 9.59 Å². The molecule has 0 radical (unpaired) electrons. The van der Waals surface area contributed by atoms with Crippen molar-refractivity contribution in [2.45, 2.75) is 51.0 Å². The summed E-state index contributed by atoms with van der Waals surface area (Å²) in [6.07, 6.45) is -0.950. The van der Waals surface area contributed by atoms with Gasteiger partial charge in [0.15, 0.2) is 0 Å². The molecule has 1 aliphatic heterocycles. The minimum absolute atomic E-state index is 0.202. The first-order chi connectivity index (χ1) is 14.2. The fourth-order valence-corrected chi connectivity index (χ4v) is 3.92. The Labute approximate surface area is 175 Å². The standard InChI is InChI=1S/C23H25N3O4/c1-14(27)26(18(22(25)29)12-15-7-5-4-6-8-15)20-17-11-16(13-24)9-10-19(17)30-23(2,3)21(20)28/h4-11,18,20-21,28H,12H2,1-3H3,(H2,25,29)/t18-,20+,21-/m1/s1. The number of aliphatic hydroxyl groups is 1. The number of primary amides is 1. The summed E-state index contributed by atoms with van der Waals surface area (Å²) in [5.74, 6) is -0.642. The van der Waals surface area contributed by atoms with E-state index in [0.717, 1.165) is 5.56 Å². The number of carbonyl (C=O) groups excluding carboxylic acids is 2. The van der Waals surface area contributed by atoms with Crippen LogP contribution in [0.25, 0.3) is 0 Å². The van der Waals surface area contributed by atoms with Gasteiger partial charge in [-0.05, 0) is 37.6 Å². The van der Waals surface area contributed by atoms with Gasteiger partial charge >= 0.3 is 0 Å². The predicted octanol–water partition coefficient (Wildman–Crippen LogP) is 2.08. The zero-order chi connectivity index (χ0) is 22.1. The van der Waals surface area contributed by atoms with Gasteiger partial charge < -0.3 is 20.5 Å². The van der Waals surface area contributed by atoms with Crippen molar-refractivity contribution in [1.82, 2.24) is 4.90 Å². The van der Waals surface area contributed by atoms with E-state index in [1.54, 1.807) is 32.0 Å². The molecular formula is C23H25N3O4. The van der Waals surface area contributed by atoms with E-state index in [9.17, 15) is 20.0 Å². The Kier molecular flexibility index (Phi) is 5.81. The van der Waals surface area contributed by atoms with Gasteiger partial charge in [0.1, 0.15) is 23.5 Å². The van der Waals surface area contributed by atoms with E-state index in [1.807, 2.05) is 30.3 Å².